The highest BCUT2D eigenvalue weighted by Gasteiger charge is 2.04. The maximum atomic E-state index is 9.81. The Hall–Kier alpha value is -2.02. The molecule has 7 heteroatoms. The highest BCUT2D eigenvalue weighted by molar-refractivity contribution is 7.09. The van der Waals surface area contributed by atoms with Crippen molar-refractivity contribution in [2.45, 2.75) is 6.92 Å². The Balaban J connectivity index is 2.22. The monoisotopic (exact) mass is 263 g/mol. The van der Waals surface area contributed by atoms with E-state index in [9.17, 15) is 5.11 Å². The van der Waals surface area contributed by atoms with Gasteiger partial charge < -0.3 is 10.0 Å². The van der Waals surface area contributed by atoms with E-state index in [4.69, 9.17) is 0 Å². The molecule has 0 saturated carbocycles. The Labute approximate surface area is 109 Å². The Morgan fingerprint density at radius 2 is 2.06 bits per heavy atom. The lowest BCUT2D eigenvalue weighted by Gasteiger charge is -2.12. The van der Waals surface area contributed by atoms with Gasteiger partial charge in [0.25, 0.3) is 0 Å². The summed E-state index contributed by atoms with van der Waals surface area (Å²) in [5.74, 6) is 0.757. The topological polar surface area (TPSA) is 74.0 Å². The number of nitrogens with zero attached hydrogens (tertiary/aromatic N) is 5. The first kappa shape index (κ1) is 12.4. The number of rotatable bonds is 3. The molecular weight excluding hydrogens is 250 g/mol. The number of aromatic hydroxyl groups is 1. The second-order valence-corrected chi connectivity index (χ2v) is 4.62. The van der Waals surface area contributed by atoms with Gasteiger partial charge >= 0.3 is 0 Å². The van der Waals surface area contributed by atoms with Gasteiger partial charge in [-0.3, -0.25) is 0 Å². The highest BCUT2D eigenvalue weighted by Crippen LogP contribution is 2.31. The lowest BCUT2D eigenvalue weighted by molar-refractivity contribution is 0.476. The second-order valence-electron chi connectivity index (χ2n) is 3.89. The smallest absolute Gasteiger partial charge is 0.249 e. The maximum absolute atomic E-state index is 9.81. The molecule has 1 N–H and O–H groups in total. The molecule has 0 unspecified atom stereocenters. The minimum absolute atomic E-state index is 0.0891. The van der Waals surface area contributed by atoms with Crippen LogP contribution in [0.2, 0.25) is 0 Å². The average molecular weight is 263 g/mol. The summed E-state index contributed by atoms with van der Waals surface area (Å²) in [4.78, 5) is 5.96. The summed E-state index contributed by atoms with van der Waals surface area (Å²) in [5, 5.41) is 18.2. The van der Waals surface area contributed by atoms with Gasteiger partial charge in [0.2, 0.25) is 5.13 Å². The van der Waals surface area contributed by atoms with E-state index in [0.717, 1.165) is 5.69 Å². The zero-order valence-electron chi connectivity index (χ0n) is 10.3. The number of phenols is 1. The molecule has 0 fully saturated rings. The molecular formula is C11H13N5OS. The van der Waals surface area contributed by atoms with Gasteiger partial charge in [0.15, 0.2) is 0 Å². The van der Waals surface area contributed by atoms with E-state index in [-0.39, 0.29) is 5.75 Å². The van der Waals surface area contributed by atoms with Crippen LogP contribution in [0, 0.1) is 6.92 Å². The van der Waals surface area contributed by atoms with Gasteiger partial charge in [-0.2, -0.15) is 4.37 Å². The van der Waals surface area contributed by atoms with Gasteiger partial charge in [-0.25, -0.2) is 4.98 Å². The number of azo groups is 1. The van der Waals surface area contributed by atoms with Crippen LogP contribution in [0.1, 0.15) is 5.82 Å². The molecule has 0 bridgehead atoms. The first-order valence-electron chi connectivity index (χ1n) is 5.28. The van der Waals surface area contributed by atoms with E-state index in [0.29, 0.717) is 16.6 Å². The van der Waals surface area contributed by atoms with E-state index in [1.165, 1.54) is 11.5 Å². The maximum Gasteiger partial charge on any atom is 0.249 e. The summed E-state index contributed by atoms with van der Waals surface area (Å²) < 4.78 is 4.00. The molecule has 0 radical (unpaired) electrons. The van der Waals surface area contributed by atoms with Crippen molar-refractivity contribution in [3.05, 3.63) is 24.0 Å². The van der Waals surface area contributed by atoms with Crippen molar-refractivity contribution in [3.63, 3.8) is 0 Å². The zero-order valence-corrected chi connectivity index (χ0v) is 11.1. The quantitative estimate of drug-likeness (QED) is 0.864. The lowest BCUT2D eigenvalue weighted by Crippen LogP contribution is -2.07. The number of hydrogen-bond donors (Lipinski definition) is 1. The molecule has 6 nitrogen and oxygen atoms in total. The summed E-state index contributed by atoms with van der Waals surface area (Å²) in [5.41, 5.74) is 1.31. The van der Waals surface area contributed by atoms with Crippen LogP contribution in [0.3, 0.4) is 0 Å². The van der Waals surface area contributed by atoms with E-state index in [1.807, 2.05) is 25.1 Å². The van der Waals surface area contributed by atoms with Gasteiger partial charge in [-0.15, -0.1) is 10.2 Å². The van der Waals surface area contributed by atoms with Gasteiger partial charge in [-0.05, 0) is 19.1 Å². The van der Waals surface area contributed by atoms with Crippen molar-refractivity contribution in [1.82, 2.24) is 9.36 Å². The van der Waals surface area contributed by atoms with Crippen LogP contribution >= 0.6 is 11.5 Å². The summed E-state index contributed by atoms with van der Waals surface area (Å²) in [6.07, 6.45) is 0. The standard InChI is InChI=1S/C11H13N5OS/c1-7-12-11(18-15-7)14-13-9-5-4-8(16(2)3)6-10(9)17/h4-6,17H,1-3H3. The largest absolute Gasteiger partial charge is 0.506 e. The third-order valence-electron chi connectivity index (χ3n) is 2.24. The number of aromatic nitrogens is 2. The highest BCUT2D eigenvalue weighted by atomic mass is 32.1. The Kier molecular flexibility index (Phi) is 3.52. The molecule has 0 atom stereocenters. The minimum Gasteiger partial charge on any atom is -0.506 e. The molecule has 0 amide bonds. The molecule has 94 valence electrons. The first-order chi connectivity index (χ1) is 8.56. The number of benzene rings is 1. The molecule has 2 aromatic rings. The number of anilines is 1. The predicted octanol–water partition coefficient (Wildman–Crippen LogP) is 3.03. The van der Waals surface area contributed by atoms with Crippen LogP contribution in [0.5, 0.6) is 5.75 Å². The summed E-state index contributed by atoms with van der Waals surface area (Å²) in [7, 11) is 3.81. The van der Waals surface area contributed by atoms with Gasteiger partial charge in [0.1, 0.15) is 17.3 Å². The molecule has 0 aliphatic heterocycles. The van der Waals surface area contributed by atoms with Gasteiger partial charge in [0.05, 0.1) is 0 Å². The molecule has 2 rings (SSSR count). The van der Waals surface area contributed by atoms with E-state index >= 15 is 0 Å². The van der Waals surface area contributed by atoms with Crippen molar-refractivity contribution in [2.75, 3.05) is 19.0 Å². The lowest BCUT2D eigenvalue weighted by atomic mass is 10.2. The van der Waals surface area contributed by atoms with Gasteiger partial charge in [-0.1, -0.05) is 0 Å². The molecule has 1 aromatic carbocycles. The Bertz CT molecular complexity index is 579. The van der Waals surface area contributed by atoms with Crippen LogP contribution in [-0.4, -0.2) is 28.6 Å². The third-order valence-corrected chi connectivity index (χ3v) is 2.93. The summed E-state index contributed by atoms with van der Waals surface area (Å²) >= 11 is 1.17. The van der Waals surface area contributed by atoms with Crippen molar-refractivity contribution in [3.8, 4) is 5.75 Å². The van der Waals surface area contributed by atoms with Crippen LogP contribution in [-0.2, 0) is 0 Å². The normalized spacial score (nSPS) is 11.1. The molecule has 18 heavy (non-hydrogen) atoms. The fraction of sp³-hybridized carbons (Fsp3) is 0.273. The average Bonchev–Trinajstić information content (AvgIpc) is 2.73. The summed E-state index contributed by atoms with van der Waals surface area (Å²) in [6, 6.07) is 5.21. The molecule has 0 aliphatic rings. The second kappa shape index (κ2) is 5.09. The Morgan fingerprint density at radius 3 is 2.61 bits per heavy atom. The van der Waals surface area contributed by atoms with Crippen LogP contribution in [0.15, 0.2) is 28.4 Å². The summed E-state index contributed by atoms with van der Waals surface area (Å²) in [6.45, 7) is 1.79. The molecule has 0 saturated heterocycles. The number of hydrogen-bond acceptors (Lipinski definition) is 7. The first-order valence-corrected chi connectivity index (χ1v) is 6.06. The van der Waals surface area contributed by atoms with Crippen molar-refractivity contribution in [1.29, 1.82) is 0 Å². The molecule has 1 aromatic heterocycles. The van der Waals surface area contributed by atoms with Crippen LogP contribution in [0.25, 0.3) is 0 Å². The number of aryl methyl sites for hydroxylation is 1. The predicted molar refractivity (Wildman–Crippen MR) is 71.3 cm³/mol. The van der Waals surface area contributed by atoms with Crippen LogP contribution < -0.4 is 4.90 Å². The third kappa shape index (κ3) is 2.80. The van der Waals surface area contributed by atoms with Crippen molar-refractivity contribution < 1.29 is 5.11 Å². The zero-order chi connectivity index (χ0) is 13.1. The fourth-order valence-corrected chi connectivity index (χ4v) is 1.80. The van der Waals surface area contributed by atoms with Gasteiger partial charge in [0, 0.05) is 37.4 Å². The number of phenolic OH excluding ortho intramolecular Hbond substituents is 1. The Morgan fingerprint density at radius 1 is 1.28 bits per heavy atom. The van der Waals surface area contributed by atoms with E-state index in [1.54, 1.807) is 19.1 Å². The minimum atomic E-state index is 0.0891. The van der Waals surface area contributed by atoms with Crippen LogP contribution in [0.4, 0.5) is 16.5 Å². The molecule has 0 aliphatic carbocycles. The van der Waals surface area contributed by atoms with E-state index < -0.39 is 0 Å². The van der Waals surface area contributed by atoms with E-state index in [2.05, 4.69) is 19.6 Å². The fourth-order valence-electron chi connectivity index (χ4n) is 1.30. The molecule has 1 heterocycles. The molecule has 0 spiro atoms. The van der Waals surface area contributed by atoms with Crippen molar-refractivity contribution in [2.24, 2.45) is 10.2 Å². The SMILES string of the molecule is Cc1nsc(N=Nc2ccc(N(C)C)cc2O)n1. The van der Waals surface area contributed by atoms with Crippen molar-refractivity contribution >= 4 is 28.0 Å².